The Hall–Kier alpha value is -3.52. The van der Waals surface area contributed by atoms with Gasteiger partial charge in [-0.2, -0.15) is 5.21 Å². The number of aryl methyl sites for hydroxylation is 1. The third-order valence-corrected chi connectivity index (χ3v) is 7.12. The first kappa shape index (κ1) is 22.0. The molecule has 0 radical (unpaired) electrons. The van der Waals surface area contributed by atoms with Crippen molar-refractivity contribution in [2.45, 2.75) is 46.2 Å². The maximum Gasteiger partial charge on any atom is 0.205 e. The number of anilines is 1. The summed E-state index contributed by atoms with van der Waals surface area (Å²) >= 11 is 0. The minimum atomic E-state index is 0.609. The first-order chi connectivity index (χ1) is 17.2. The number of aromatic nitrogens is 6. The molecular formula is C27H32N8. The summed E-state index contributed by atoms with van der Waals surface area (Å²) in [5, 5.41) is 14.6. The van der Waals surface area contributed by atoms with Crippen LogP contribution in [0.3, 0.4) is 0 Å². The lowest BCUT2D eigenvalue weighted by molar-refractivity contribution is 0.243. The van der Waals surface area contributed by atoms with Gasteiger partial charge in [-0.15, -0.1) is 10.2 Å². The van der Waals surface area contributed by atoms with Gasteiger partial charge in [0.25, 0.3) is 0 Å². The van der Waals surface area contributed by atoms with Crippen LogP contribution in [0.5, 0.6) is 0 Å². The van der Waals surface area contributed by atoms with Crippen molar-refractivity contribution in [3.05, 3.63) is 65.6 Å². The van der Waals surface area contributed by atoms with E-state index in [0.717, 1.165) is 61.3 Å². The molecule has 1 aliphatic carbocycles. The van der Waals surface area contributed by atoms with Crippen molar-refractivity contribution in [1.82, 2.24) is 35.1 Å². The summed E-state index contributed by atoms with van der Waals surface area (Å²) in [6, 6.07) is 17.0. The highest BCUT2D eigenvalue weighted by atomic mass is 15.5. The first-order valence-corrected chi connectivity index (χ1v) is 12.6. The van der Waals surface area contributed by atoms with Crippen molar-refractivity contribution in [2.75, 3.05) is 24.7 Å². The highest BCUT2D eigenvalue weighted by Crippen LogP contribution is 2.35. The molecule has 180 valence electrons. The molecule has 8 nitrogen and oxygen atoms in total. The molecule has 0 amide bonds. The number of imidazole rings is 1. The van der Waals surface area contributed by atoms with Crippen LogP contribution < -0.4 is 4.90 Å². The van der Waals surface area contributed by atoms with Crippen LogP contribution in [-0.4, -0.2) is 54.8 Å². The van der Waals surface area contributed by atoms with Gasteiger partial charge < -0.3 is 9.47 Å². The lowest BCUT2D eigenvalue weighted by Gasteiger charge is -2.36. The quantitative estimate of drug-likeness (QED) is 0.411. The molecule has 0 spiro atoms. The summed E-state index contributed by atoms with van der Waals surface area (Å²) in [5.74, 6) is 3.75. The fourth-order valence-corrected chi connectivity index (χ4v) is 5.18. The lowest BCUT2D eigenvalue weighted by Crippen LogP contribution is -2.44. The number of H-pyrrole nitrogens is 1. The van der Waals surface area contributed by atoms with Crippen LogP contribution in [0.15, 0.2) is 48.5 Å². The molecule has 0 bridgehead atoms. The summed E-state index contributed by atoms with van der Waals surface area (Å²) in [6.07, 6.45) is 3.90. The molecule has 1 aliphatic heterocycles. The second-order valence-electron chi connectivity index (χ2n) is 9.85. The number of hydrogen-bond acceptors (Lipinski definition) is 6. The van der Waals surface area contributed by atoms with Crippen molar-refractivity contribution < 1.29 is 0 Å². The van der Waals surface area contributed by atoms with Gasteiger partial charge in [-0.3, -0.25) is 4.90 Å². The van der Waals surface area contributed by atoms with E-state index in [2.05, 4.69) is 79.2 Å². The van der Waals surface area contributed by atoms with Gasteiger partial charge in [-0.1, -0.05) is 55.5 Å². The summed E-state index contributed by atoms with van der Waals surface area (Å²) < 4.78 is 2.42. The second kappa shape index (κ2) is 9.26. The van der Waals surface area contributed by atoms with E-state index in [0.29, 0.717) is 5.82 Å². The lowest BCUT2D eigenvalue weighted by atomic mass is 9.98. The molecule has 3 heterocycles. The van der Waals surface area contributed by atoms with Gasteiger partial charge in [0.15, 0.2) is 5.82 Å². The molecule has 8 heteroatoms. The zero-order chi connectivity index (χ0) is 23.8. The molecule has 35 heavy (non-hydrogen) atoms. The van der Waals surface area contributed by atoms with Crippen LogP contribution >= 0.6 is 0 Å². The van der Waals surface area contributed by atoms with E-state index in [4.69, 9.17) is 4.98 Å². The van der Waals surface area contributed by atoms with E-state index in [1.807, 2.05) is 18.2 Å². The maximum atomic E-state index is 5.05. The third kappa shape index (κ3) is 4.46. The number of tetrazole rings is 1. The fourth-order valence-electron chi connectivity index (χ4n) is 5.18. The Kier molecular flexibility index (Phi) is 5.82. The summed E-state index contributed by atoms with van der Waals surface area (Å²) in [7, 11) is 0. The highest BCUT2D eigenvalue weighted by molar-refractivity contribution is 5.80. The molecule has 4 aromatic rings. The second-order valence-corrected chi connectivity index (χ2v) is 9.85. The smallest absolute Gasteiger partial charge is 0.205 e. The summed E-state index contributed by atoms with van der Waals surface area (Å²) in [4.78, 5) is 10.1. The van der Waals surface area contributed by atoms with Gasteiger partial charge in [0, 0.05) is 25.2 Å². The number of rotatable bonds is 8. The molecule has 6 rings (SSSR count). The van der Waals surface area contributed by atoms with Crippen molar-refractivity contribution in [1.29, 1.82) is 0 Å². The molecule has 2 aromatic heterocycles. The van der Waals surface area contributed by atoms with E-state index in [1.54, 1.807) is 0 Å². The molecule has 0 saturated heterocycles. The van der Waals surface area contributed by atoms with Gasteiger partial charge in [-0.05, 0) is 60.6 Å². The Morgan fingerprint density at radius 1 is 1.03 bits per heavy atom. The first-order valence-electron chi connectivity index (χ1n) is 12.6. The predicted molar refractivity (Wildman–Crippen MR) is 137 cm³/mol. The van der Waals surface area contributed by atoms with Crippen molar-refractivity contribution >= 4 is 5.82 Å². The van der Waals surface area contributed by atoms with Crippen molar-refractivity contribution in [2.24, 2.45) is 5.92 Å². The Bertz CT molecular complexity index is 1290. The average Bonchev–Trinajstić information content (AvgIpc) is 3.41. The summed E-state index contributed by atoms with van der Waals surface area (Å²) in [5.41, 5.74) is 5.84. The van der Waals surface area contributed by atoms with Gasteiger partial charge in [-0.25, -0.2) is 4.98 Å². The third-order valence-electron chi connectivity index (χ3n) is 7.12. The van der Waals surface area contributed by atoms with Crippen LogP contribution in [0.25, 0.3) is 22.5 Å². The van der Waals surface area contributed by atoms with Gasteiger partial charge in [0.2, 0.25) is 5.82 Å². The molecule has 2 aliphatic rings. The maximum absolute atomic E-state index is 5.05. The predicted octanol–water partition coefficient (Wildman–Crippen LogP) is 4.49. The van der Waals surface area contributed by atoms with E-state index in [1.165, 1.54) is 36.3 Å². The van der Waals surface area contributed by atoms with Crippen LogP contribution in [0.4, 0.5) is 5.82 Å². The van der Waals surface area contributed by atoms with E-state index < -0.39 is 0 Å². The standard InChI is InChI=1S/C27H32N8/c1-3-14-33-17-25-27(34(18-33)15-20-8-9-20)28-19(2)35(25)16-21-10-12-22(13-11-21)23-6-4-5-7-24(23)26-29-31-32-30-26/h4-7,10-13,20H,3,8-9,14-18H2,1-2H3,(H,29,30,31,32). The topological polar surface area (TPSA) is 78.8 Å². The monoisotopic (exact) mass is 468 g/mol. The number of aromatic amines is 1. The van der Waals surface area contributed by atoms with E-state index in [9.17, 15) is 0 Å². The fraction of sp³-hybridized carbons (Fsp3) is 0.407. The molecule has 0 atom stereocenters. The SMILES string of the molecule is CCCN1Cc2c(nc(C)n2Cc2ccc(-c3ccccc3-c3nn[nH]n3)cc2)N(CC2CC2)C1. The van der Waals surface area contributed by atoms with Gasteiger partial charge >= 0.3 is 0 Å². The molecule has 1 N–H and O–H groups in total. The normalized spacial score (nSPS) is 16.0. The van der Waals surface area contributed by atoms with Crippen LogP contribution in [-0.2, 0) is 13.1 Å². The Labute approximate surface area is 206 Å². The average molecular weight is 469 g/mol. The van der Waals surface area contributed by atoms with E-state index >= 15 is 0 Å². The summed E-state index contributed by atoms with van der Waals surface area (Å²) in [6.45, 7) is 9.48. The molecular weight excluding hydrogens is 436 g/mol. The molecule has 0 unspecified atom stereocenters. The van der Waals surface area contributed by atoms with E-state index in [-0.39, 0.29) is 0 Å². The zero-order valence-electron chi connectivity index (χ0n) is 20.5. The number of nitrogens with one attached hydrogen (secondary N) is 1. The minimum Gasteiger partial charge on any atom is -0.342 e. The van der Waals surface area contributed by atoms with Gasteiger partial charge in [0.1, 0.15) is 5.82 Å². The number of nitrogens with zero attached hydrogens (tertiary/aromatic N) is 7. The Morgan fingerprint density at radius 3 is 2.54 bits per heavy atom. The number of hydrogen-bond donors (Lipinski definition) is 1. The van der Waals surface area contributed by atoms with Crippen LogP contribution in [0, 0.1) is 12.8 Å². The zero-order valence-corrected chi connectivity index (χ0v) is 20.5. The minimum absolute atomic E-state index is 0.609. The van der Waals surface area contributed by atoms with Crippen LogP contribution in [0.2, 0.25) is 0 Å². The largest absolute Gasteiger partial charge is 0.342 e. The van der Waals surface area contributed by atoms with Crippen molar-refractivity contribution in [3.8, 4) is 22.5 Å². The molecule has 1 fully saturated rings. The van der Waals surface area contributed by atoms with Crippen molar-refractivity contribution in [3.63, 3.8) is 0 Å². The number of benzene rings is 2. The Balaban J connectivity index is 1.27. The molecule has 2 aromatic carbocycles. The van der Waals surface area contributed by atoms with Gasteiger partial charge in [0.05, 0.1) is 12.4 Å². The Morgan fingerprint density at radius 2 is 1.83 bits per heavy atom. The highest BCUT2D eigenvalue weighted by Gasteiger charge is 2.32. The number of fused-ring (bicyclic) bond motifs is 1. The molecule has 1 saturated carbocycles. The van der Waals surface area contributed by atoms with Crippen LogP contribution in [0.1, 0.15) is 43.3 Å².